The molecule has 2 N–H and O–H groups in total. The van der Waals surface area contributed by atoms with Crippen molar-refractivity contribution in [2.45, 2.75) is 13.3 Å². The molecule has 0 aromatic heterocycles. The number of aryl methyl sites for hydroxylation is 1. The van der Waals surface area contributed by atoms with Crippen molar-refractivity contribution in [2.75, 3.05) is 12.3 Å². The van der Waals surface area contributed by atoms with Gasteiger partial charge < -0.3 is 5.73 Å². The molecule has 1 aromatic rings. The summed E-state index contributed by atoms with van der Waals surface area (Å²) in [6.45, 7) is 2.34. The van der Waals surface area contributed by atoms with Crippen molar-refractivity contribution < 1.29 is 0 Å². The van der Waals surface area contributed by atoms with Crippen molar-refractivity contribution in [3.05, 3.63) is 39.8 Å². The average Bonchev–Trinajstić information content (AvgIpc) is 2.24. The number of rotatable bonds is 2. The Bertz CT molecular complexity index is 447. The van der Waals surface area contributed by atoms with Gasteiger partial charge in [0.1, 0.15) is 0 Å². The van der Waals surface area contributed by atoms with Crippen LogP contribution in [0.15, 0.2) is 23.3 Å². The number of nitrogen functional groups attached to an aromatic ring is 1. The van der Waals surface area contributed by atoms with E-state index in [9.17, 15) is 0 Å². The molecule has 0 amide bonds. The third kappa shape index (κ3) is 3.26. The van der Waals surface area contributed by atoms with Gasteiger partial charge in [-0.05, 0) is 24.1 Å². The third-order valence-corrected chi connectivity index (χ3v) is 1.95. The lowest BCUT2D eigenvalue weighted by Crippen LogP contribution is -1.93. The van der Waals surface area contributed by atoms with E-state index in [4.69, 9.17) is 11.3 Å². The van der Waals surface area contributed by atoms with E-state index in [-0.39, 0.29) is 0 Å². The van der Waals surface area contributed by atoms with E-state index < -0.39 is 0 Å². The molecule has 0 saturated carbocycles. The lowest BCUT2D eigenvalue weighted by atomic mass is 10.1. The predicted molar refractivity (Wildman–Crippen MR) is 61.1 cm³/mol. The van der Waals surface area contributed by atoms with Crippen LogP contribution in [0.25, 0.3) is 10.4 Å². The first-order chi connectivity index (χ1) is 7.25. The zero-order chi connectivity index (χ0) is 11.1. The smallest absolute Gasteiger partial charge is 0.0502 e. The molecule has 0 aliphatic carbocycles. The minimum absolute atomic E-state index is 0.398. The van der Waals surface area contributed by atoms with Crippen LogP contribution in [0.1, 0.15) is 17.5 Å². The highest BCUT2D eigenvalue weighted by Gasteiger charge is 1.96. The summed E-state index contributed by atoms with van der Waals surface area (Å²) in [6, 6.07) is 5.74. The van der Waals surface area contributed by atoms with Gasteiger partial charge in [0.05, 0.1) is 5.69 Å². The molecule has 76 valence electrons. The highest BCUT2D eigenvalue weighted by Crippen LogP contribution is 2.14. The van der Waals surface area contributed by atoms with Crippen LogP contribution < -0.4 is 5.73 Å². The molecular formula is C11H12N4. The molecule has 1 aromatic carbocycles. The topological polar surface area (TPSA) is 74.8 Å². The monoisotopic (exact) mass is 200 g/mol. The highest BCUT2D eigenvalue weighted by atomic mass is 15.1. The summed E-state index contributed by atoms with van der Waals surface area (Å²) in [4.78, 5) is 2.64. The Morgan fingerprint density at radius 3 is 3.07 bits per heavy atom. The fourth-order valence-electron chi connectivity index (χ4n) is 1.10. The van der Waals surface area contributed by atoms with E-state index in [1.807, 2.05) is 25.1 Å². The number of azide groups is 1. The second kappa shape index (κ2) is 5.58. The van der Waals surface area contributed by atoms with Crippen molar-refractivity contribution in [3.63, 3.8) is 0 Å². The van der Waals surface area contributed by atoms with Gasteiger partial charge in [-0.1, -0.05) is 29.1 Å². The lowest BCUT2D eigenvalue weighted by Gasteiger charge is -2.00. The van der Waals surface area contributed by atoms with Gasteiger partial charge in [0.2, 0.25) is 0 Å². The average molecular weight is 200 g/mol. The van der Waals surface area contributed by atoms with Gasteiger partial charge in [-0.15, -0.1) is 0 Å². The summed E-state index contributed by atoms with van der Waals surface area (Å²) in [5.41, 5.74) is 16.5. The molecule has 0 atom stereocenters. The molecule has 15 heavy (non-hydrogen) atoms. The van der Waals surface area contributed by atoms with Crippen molar-refractivity contribution in [3.8, 4) is 11.8 Å². The van der Waals surface area contributed by atoms with E-state index in [0.29, 0.717) is 18.7 Å². The normalized spacial score (nSPS) is 8.60. The SMILES string of the molecule is Cc1cccc(C#CCCN=[N+]=[N-])c1N. The molecule has 0 spiro atoms. The standard InChI is InChI=1S/C11H12N4/c1-9-5-4-7-10(11(9)12)6-2-3-8-14-15-13/h4-5,7H,3,8,12H2,1H3. The first-order valence-corrected chi connectivity index (χ1v) is 4.60. The van der Waals surface area contributed by atoms with Gasteiger partial charge in [-0.2, -0.15) is 0 Å². The third-order valence-electron chi connectivity index (χ3n) is 1.95. The summed E-state index contributed by atoms with van der Waals surface area (Å²) in [5.74, 6) is 5.86. The van der Waals surface area contributed by atoms with Gasteiger partial charge in [-0.3, -0.25) is 0 Å². The number of anilines is 1. The molecule has 0 heterocycles. The summed E-state index contributed by atoms with van der Waals surface area (Å²) in [6.07, 6.45) is 0.553. The van der Waals surface area contributed by atoms with E-state index in [1.54, 1.807) is 0 Å². The number of hydrogen-bond donors (Lipinski definition) is 1. The molecule has 4 nitrogen and oxygen atoms in total. The Morgan fingerprint density at radius 1 is 1.53 bits per heavy atom. The minimum atomic E-state index is 0.398. The van der Waals surface area contributed by atoms with Gasteiger partial charge in [-0.25, -0.2) is 0 Å². The van der Waals surface area contributed by atoms with Crippen LogP contribution in [-0.2, 0) is 0 Å². The van der Waals surface area contributed by atoms with Crippen LogP contribution in [0, 0.1) is 18.8 Å². The molecule has 0 aliphatic heterocycles. The van der Waals surface area contributed by atoms with Crippen molar-refractivity contribution in [1.29, 1.82) is 0 Å². The summed E-state index contributed by atoms with van der Waals surface area (Å²) in [5, 5.41) is 3.39. The Balaban J connectivity index is 2.71. The van der Waals surface area contributed by atoms with Crippen LogP contribution in [0.4, 0.5) is 5.69 Å². The Labute approximate surface area is 88.7 Å². The molecule has 0 saturated heterocycles. The van der Waals surface area contributed by atoms with Gasteiger partial charge in [0, 0.05) is 23.4 Å². The van der Waals surface area contributed by atoms with Crippen LogP contribution in [0.2, 0.25) is 0 Å². The number of para-hydroxylation sites is 1. The van der Waals surface area contributed by atoms with Crippen LogP contribution in [0.5, 0.6) is 0 Å². The van der Waals surface area contributed by atoms with Crippen LogP contribution in [0.3, 0.4) is 0 Å². The van der Waals surface area contributed by atoms with Crippen molar-refractivity contribution in [1.82, 2.24) is 0 Å². The summed E-state index contributed by atoms with van der Waals surface area (Å²) < 4.78 is 0. The Hall–Kier alpha value is -2.11. The molecule has 0 bridgehead atoms. The fraction of sp³-hybridized carbons (Fsp3) is 0.273. The number of benzene rings is 1. The number of hydrogen-bond acceptors (Lipinski definition) is 2. The second-order valence-electron chi connectivity index (χ2n) is 3.04. The van der Waals surface area contributed by atoms with E-state index >= 15 is 0 Å². The van der Waals surface area contributed by atoms with Crippen molar-refractivity contribution in [2.24, 2.45) is 5.11 Å². The van der Waals surface area contributed by atoms with Crippen LogP contribution in [-0.4, -0.2) is 6.54 Å². The minimum Gasteiger partial charge on any atom is -0.398 e. The molecule has 4 heteroatoms. The summed E-state index contributed by atoms with van der Waals surface area (Å²) in [7, 11) is 0. The molecule has 0 unspecified atom stereocenters. The zero-order valence-electron chi connectivity index (χ0n) is 8.57. The number of nitrogens with zero attached hydrogens (tertiary/aromatic N) is 3. The Morgan fingerprint density at radius 2 is 2.33 bits per heavy atom. The predicted octanol–water partition coefficient (Wildman–Crippen LogP) is 2.63. The quantitative estimate of drug-likeness (QED) is 0.195. The molecule has 0 fully saturated rings. The lowest BCUT2D eigenvalue weighted by molar-refractivity contribution is 1.01. The Kier molecular flexibility index (Phi) is 4.08. The van der Waals surface area contributed by atoms with Gasteiger partial charge in [0.25, 0.3) is 0 Å². The molecule has 1 rings (SSSR count). The maximum absolute atomic E-state index is 8.05. The maximum atomic E-state index is 8.05. The molecular weight excluding hydrogens is 188 g/mol. The highest BCUT2D eigenvalue weighted by molar-refractivity contribution is 5.60. The molecule has 0 aliphatic rings. The zero-order valence-corrected chi connectivity index (χ0v) is 8.57. The number of nitrogens with two attached hydrogens (primary N) is 1. The van der Waals surface area contributed by atoms with E-state index in [2.05, 4.69) is 21.9 Å². The fourth-order valence-corrected chi connectivity index (χ4v) is 1.10. The first-order valence-electron chi connectivity index (χ1n) is 4.60. The van der Waals surface area contributed by atoms with Gasteiger partial charge in [0.15, 0.2) is 0 Å². The summed E-state index contributed by atoms with van der Waals surface area (Å²) >= 11 is 0. The van der Waals surface area contributed by atoms with E-state index in [0.717, 1.165) is 11.1 Å². The van der Waals surface area contributed by atoms with Crippen molar-refractivity contribution >= 4 is 5.69 Å². The molecule has 0 radical (unpaired) electrons. The van der Waals surface area contributed by atoms with E-state index in [1.165, 1.54) is 0 Å². The van der Waals surface area contributed by atoms with Gasteiger partial charge >= 0.3 is 0 Å². The first kappa shape index (κ1) is 11.0. The maximum Gasteiger partial charge on any atom is 0.0502 e. The largest absolute Gasteiger partial charge is 0.398 e. The van der Waals surface area contributed by atoms with Crippen LogP contribution >= 0.6 is 0 Å². The second-order valence-corrected chi connectivity index (χ2v) is 3.04.